The number of likely N-dealkylation sites (N-methyl/N-ethyl adjacent to an activating group) is 1. The molecule has 1 aromatic heterocycles. The molecule has 2 aliphatic rings. The van der Waals surface area contributed by atoms with E-state index >= 15 is 0 Å². The highest BCUT2D eigenvalue weighted by atomic mass is 35.5. The van der Waals surface area contributed by atoms with E-state index in [1.54, 1.807) is 29.2 Å². The first kappa shape index (κ1) is 25.4. The van der Waals surface area contributed by atoms with Crippen LogP contribution in [0.1, 0.15) is 35.5 Å². The molecule has 0 spiro atoms. The minimum atomic E-state index is -0.728. The number of hydrogen-bond acceptors (Lipinski definition) is 5. The maximum Gasteiger partial charge on any atom is 0.323 e. The lowest BCUT2D eigenvalue weighted by atomic mass is 10.0. The predicted molar refractivity (Wildman–Crippen MR) is 147 cm³/mol. The summed E-state index contributed by atoms with van der Waals surface area (Å²) in [6, 6.07) is 12.3. The Labute approximate surface area is 225 Å². The molecule has 0 unspecified atom stereocenters. The van der Waals surface area contributed by atoms with Gasteiger partial charge in [0.2, 0.25) is 0 Å². The number of piperazine rings is 1. The molecule has 0 bridgehead atoms. The van der Waals surface area contributed by atoms with Crippen LogP contribution in [-0.2, 0) is 12.1 Å². The molecule has 3 amide bonds. The molecule has 194 valence electrons. The normalized spacial score (nSPS) is 17.0. The van der Waals surface area contributed by atoms with Crippen molar-refractivity contribution in [2.45, 2.75) is 25.9 Å². The fraction of sp³-hybridized carbons (Fsp3) is 0.346. The van der Waals surface area contributed by atoms with Gasteiger partial charge in [-0.05, 0) is 51.2 Å². The molecule has 0 saturated carbocycles. The molecule has 3 heterocycles. The highest BCUT2D eigenvalue weighted by Gasteiger charge is 2.44. The number of urea groups is 1. The molecule has 1 fully saturated rings. The number of aromatic nitrogens is 2. The number of rotatable bonds is 4. The van der Waals surface area contributed by atoms with Crippen molar-refractivity contribution < 1.29 is 9.59 Å². The van der Waals surface area contributed by atoms with Gasteiger partial charge in [0.15, 0.2) is 0 Å². The molecular formula is C26H29Cl2N7O2. The Morgan fingerprint density at radius 2 is 1.68 bits per heavy atom. The zero-order valence-corrected chi connectivity index (χ0v) is 22.5. The first-order chi connectivity index (χ1) is 17.6. The van der Waals surface area contributed by atoms with Crippen molar-refractivity contribution in [2.75, 3.05) is 48.8 Å². The smallest absolute Gasteiger partial charge is 0.323 e. The number of halogens is 2. The third-order valence-electron chi connectivity index (χ3n) is 7.09. The van der Waals surface area contributed by atoms with E-state index in [-0.39, 0.29) is 18.5 Å². The number of anilines is 3. The lowest BCUT2D eigenvalue weighted by molar-refractivity contribution is 0.102. The molecule has 3 aromatic rings. The standard InChI is InChI=1S/C26H29Cl2N7O2/c1-26(2)22-18(15-35(26)25(37)29-21-19(27)8-5-9-20(21)28)23(32-31-22)30-24(36)16-6-4-7-17(14-16)34-12-10-33(3)11-13-34/h4-9,14H,10-13,15H2,1-3H3,(H,29,37)(H2,30,31,32,36). The fourth-order valence-electron chi connectivity index (χ4n) is 4.82. The SMILES string of the molecule is CN1CCN(c2cccc(C(=O)Nc3[nH]nc4c3CN(C(=O)Nc3c(Cl)cccc3Cl)C4(C)C)c2)CC1. The highest BCUT2D eigenvalue weighted by Crippen LogP contribution is 2.41. The van der Waals surface area contributed by atoms with E-state index in [2.05, 4.69) is 37.7 Å². The summed E-state index contributed by atoms with van der Waals surface area (Å²) in [5, 5.41) is 13.9. The van der Waals surface area contributed by atoms with Gasteiger partial charge in [0.1, 0.15) is 5.82 Å². The van der Waals surface area contributed by atoms with Crippen LogP contribution in [0.3, 0.4) is 0 Å². The van der Waals surface area contributed by atoms with Gasteiger partial charge in [-0.2, -0.15) is 5.10 Å². The molecule has 3 N–H and O–H groups in total. The number of nitrogens with one attached hydrogen (secondary N) is 3. The van der Waals surface area contributed by atoms with Gasteiger partial charge >= 0.3 is 6.03 Å². The molecule has 11 heteroatoms. The number of benzene rings is 2. The summed E-state index contributed by atoms with van der Waals surface area (Å²) in [6.45, 7) is 7.86. The molecule has 1 saturated heterocycles. The number of amides is 3. The highest BCUT2D eigenvalue weighted by molar-refractivity contribution is 6.39. The van der Waals surface area contributed by atoms with Crippen LogP contribution in [0, 0.1) is 0 Å². The van der Waals surface area contributed by atoms with Crippen molar-refractivity contribution in [3.05, 3.63) is 69.3 Å². The lowest BCUT2D eigenvalue weighted by Gasteiger charge is -2.34. The molecule has 2 aliphatic heterocycles. The Kier molecular flexibility index (Phi) is 6.78. The second kappa shape index (κ2) is 9.89. The van der Waals surface area contributed by atoms with Crippen molar-refractivity contribution in [1.29, 1.82) is 0 Å². The monoisotopic (exact) mass is 541 g/mol. The average Bonchev–Trinajstić information content (AvgIpc) is 3.39. The second-order valence-electron chi connectivity index (χ2n) is 9.89. The molecular weight excluding hydrogens is 513 g/mol. The summed E-state index contributed by atoms with van der Waals surface area (Å²) in [7, 11) is 2.11. The summed E-state index contributed by atoms with van der Waals surface area (Å²) in [5.41, 5.74) is 2.65. The zero-order chi connectivity index (χ0) is 26.3. The average molecular weight is 542 g/mol. The Bertz CT molecular complexity index is 1330. The quantitative estimate of drug-likeness (QED) is 0.431. The number of nitrogens with zero attached hydrogens (tertiary/aromatic N) is 4. The summed E-state index contributed by atoms with van der Waals surface area (Å²) in [6.07, 6.45) is 0. The Morgan fingerprint density at radius 3 is 2.38 bits per heavy atom. The Hall–Kier alpha value is -3.27. The summed E-state index contributed by atoms with van der Waals surface area (Å²) in [5.74, 6) is 0.232. The first-order valence-corrected chi connectivity index (χ1v) is 12.9. The number of para-hydroxylation sites is 1. The van der Waals surface area contributed by atoms with Crippen LogP contribution in [0.5, 0.6) is 0 Å². The van der Waals surface area contributed by atoms with Crippen LogP contribution in [0.25, 0.3) is 0 Å². The van der Waals surface area contributed by atoms with E-state index in [0.717, 1.165) is 37.4 Å². The van der Waals surface area contributed by atoms with Gasteiger partial charge in [0.25, 0.3) is 5.91 Å². The topological polar surface area (TPSA) is 96.6 Å². The number of fused-ring (bicyclic) bond motifs is 1. The Morgan fingerprint density at radius 1 is 1.00 bits per heavy atom. The third-order valence-corrected chi connectivity index (χ3v) is 7.72. The lowest BCUT2D eigenvalue weighted by Crippen LogP contribution is -2.44. The van der Waals surface area contributed by atoms with E-state index in [9.17, 15) is 9.59 Å². The number of carbonyl (C=O) groups is 2. The molecule has 5 rings (SSSR count). The van der Waals surface area contributed by atoms with Gasteiger partial charge in [-0.15, -0.1) is 0 Å². The van der Waals surface area contributed by atoms with Gasteiger partial charge < -0.3 is 25.3 Å². The minimum Gasteiger partial charge on any atom is -0.369 e. The van der Waals surface area contributed by atoms with Crippen LogP contribution in [-0.4, -0.2) is 65.2 Å². The third kappa shape index (κ3) is 4.86. The number of hydrogen-bond donors (Lipinski definition) is 3. The summed E-state index contributed by atoms with van der Waals surface area (Å²) >= 11 is 12.5. The van der Waals surface area contributed by atoms with Crippen molar-refractivity contribution in [3.8, 4) is 0 Å². The minimum absolute atomic E-state index is 0.244. The van der Waals surface area contributed by atoms with Crippen LogP contribution < -0.4 is 15.5 Å². The maximum absolute atomic E-state index is 13.2. The van der Waals surface area contributed by atoms with Gasteiger partial charge in [-0.25, -0.2) is 4.79 Å². The molecule has 37 heavy (non-hydrogen) atoms. The largest absolute Gasteiger partial charge is 0.369 e. The van der Waals surface area contributed by atoms with Gasteiger partial charge in [-0.3, -0.25) is 9.89 Å². The summed E-state index contributed by atoms with van der Waals surface area (Å²) in [4.78, 5) is 32.6. The van der Waals surface area contributed by atoms with Gasteiger partial charge in [0.05, 0.1) is 33.5 Å². The van der Waals surface area contributed by atoms with Crippen molar-refractivity contribution in [3.63, 3.8) is 0 Å². The van der Waals surface area contributed by atoms with E-state index in [1.165, 1.54) is 0 Å². The molecule has 2 aromatic carbocycles. The summed E-state index contributed by atoms with van der Waals surface area (Å²) < 4.78 is 0. The van der Waals surface area contributed by atoms with E-state index in [1.807, 2.05) is 32.0 Å². The van der Waals surface area contributed by atoms with E-state index in [4.69, 9.17) is 23.2 Å². The number of H-pyrrole nitrogens is 1. The van der Waals surface area contributed by atoms with Crippen molar-refractivity contribution in [1.82, 2.24) is 20.0 Å². The maximum atomic E-state index is 13.2. The van der Waals surface area contributed by atoms with Crippen molar-refractivity contribution >= 4 is 52.3 Å². The molecule has 0 aliphatic carbocycles. The van der Waals surface area contributed by atoms with Crippen LogP contribution in [0.15, 0.2) is 42.5 Å². The number of aromatic amines is 1. The van der Waals surface area contributed by atoms with E-state index < -0.39 is 5.54 Å². The first-order valence-electron chi connectivity index (χ1n) is 12.1. The van der Waals surface area contributed by atoms with Crippen LogP contribution >= 0.6 is 23.2 Å². The zero-order valence-electron chi connectivity index (χ0n) is 20.9. The molecule has 0 radical (unpaired) electrons. The Balaban J connectivity index is 1.32. The van der Waals surface area contributed by atoms with Gasteiger partial charge in [0, 0.05) is 43.0 Å². The van der Waals surface area contributed by atoms with Gasteiger partial charge in [-0.1, -0.05) is 35.3 Å². The predicted octanol–water partition coefficient (Wildman–Crippen LogP) is 5.00. The molecule has 0 atom stereocenters. The van der Waals surface area contributed by atoms with E-state index in [0.29, 0.717) is 32.8 Å². The fourth-order valence-corrected chi connectivity index (χ4v) is 5.32. The number of carbonyl (C=O) groups excluding carboxylic acids is 2. The van der Waals surface area contributed by atoms with Crippen LogP contribution in [0.4, 0.5) is 22.0 Å². The van der Waals surface area contributed by atoms with Crippen molar-refractivity contribution in [2.24, 2.45) is 0 Å². The second-order valence-corrected chi connectivity index (χ2v) is 10.7. The van der Waals surface area contributed by atoms with Crippen LogP contribution in [0.2, 0.25) is 10.0 Å². The molecule has 9 nitrogen and oxygen atoms in total.